The Kier molecular flexibility index (Phi) is 126. The zero-order valence-electron chi connectivity index (χ0n) is 57.8. The summed E-state index contributed by atoms with van der Waals surface area (Å²) in [5.74, 6) is 0. The lowest BCUT2D eigenvalue weighted by molar-refractivity contribution is 0.931. The van der Waals surface area contributed by atoms with Gasteiger partial charge in [0.15, 0.2) is 0 Å². The molecule has 0 aromatic rings. The summed E-state index contributed by atoms with van der Waals surface area (Å²) in [5, 5.41) is 0. The number of halogens is 1. The monoisotopic (exact) mass is 3600 g/mol. The highest BCUT2D eigenvalue weighted by atomic mass is 33.6. The van der Waals surface area contributed by atoms with E-state index in [9.17, 15) is 0 Å². The normalized spacial score (nSPS) is 16.1. The van der Waals surface area contributed by atoms with Gasteiger partial charge < -0.3 is 0 Å². The molecular formula is H113FP112. The van der Waals surface area contributed by atoms with Gasteiger partial charge in [-0.25, -0.2) is 4.20 Å². The minimum Gasteiger partial charge on any atom is -0.216 e. The molecule has 113 heavy (non-hydrogen) atoms. The maximum Gasteiger partial charge on any atom is 0.149 e. The summed E-state index contributed by atoms with van der Waals surface area (Å²) in [5.41, 5.74) is 0. The standard InChI is InChI=1S/FH113P112/c1-59(88(104(90(60(3)4)61(5)6)103(86(55)56)87(57)58-2)105(108(91(62(7)8)63(9)10)92(64(11)12)65(13)14)109(93(66(15)16)67(17)18)94(68(19)20)69(21)22)89(106(110(95(70(23)24)71(25)26)96(72(27)28)73(29)30)111(97(74(31)32)75(33)34)98(76(35)36)77(37)38)107(112(99(78(39)40)79(41)42)100(80(43)44)81(45)46)113(101(82(47)48)83(49)50)102(84(51)52)85(53)54/h58H,2-57H2. The average molecular weight is 3600 g/mol. The third kappa shape index (κ3) is 56.5. The Morgan fingerprint density at radius 1 is 0.106 bits per heavy atom. The Morgan fingerprint density at radius 3 is 0.248 bits per heavy atom. The van der Waals surface area contributed by atoms with Crippen molar-refractivity contribution >= 4 is 893 Å². The van der Waals surface area contributed by atoms with E-state index in [0.29, 0.717) is 0 Å². The molecule has 0 rings (SSSR count). The maximum absolute atomic E-state index is 27.0. The van der Waals surface area contributed by atoms with Crippen molar-refractivity contribution in [2.45, 2.75) is 0 Å². The molecule has 113 heteroatoms. The number of rotatable bonds is 55. The fourth-order valence-corrected chi connectivity index (χ4v) is 1660. The van der Waals surface area contributed by atoms with E-state index in [2.05, 4.69) is 500 Å². The molecule has 62 unspecified atom stereocenters. The zero-order valence-corrected chi connectivity index (χ0v) is 173. The SMILES string of the molecule is FP(P(P(P(P(P)P)P(P)P)P(P(P)P)P(P)PP)P(P(P(P(P)P)P(P)P)P(P(P)P)P(P)P)P(P(P(P)P)P(P)P)P(P(P)P)P(P)P)P(P(P(P(P(P)P)P(P)P)P(P(P)P)P(P)P)P(P(P(P)P)P(P)P)P(P(P)P)P(P)P)P(P(P(P(P)P)P(P)P)P(P(P)P)P(P)P)P(P(P(P)P)P(P)P)P(P(P)P)P(P)P. The average Bonchev–Trinajstić information content (AvgIpc) is 0.712. The number of hydrogen-bond donors (Lipinski definition) is 0. The molecule has 680 valence electrons. The van der Waals surface area contributed by atoms with Crippen molar-refractivity contribution in [1.82, 2.24) is 0 Å². The quantitative estimate of drug-likeness (QED) is 0.0533. The first kappa shape index (κ1) is 161. The zero-order chi connectivity index (χ0) is 89.5. The Bertz CT molecular complexity index is 1950. The van der Waals surface area contributed by atoms with E-state index in [-0.39, 0.29) is 0 Å². The molecule has 0 spiro atoms. The molecule has 0 N–H and O–H groups in total. The summed E-state index contributed by atoms with van der Waals surface area (Å²) < 4.78 is 27.0. The second kappa shape index (κ2) is 88.4. The minimum atomic E-state index is -2.17. The van der Waals surface area contributed by atoms with Gasteiger partial charge in [-0.3, -0.25) is 0 Å². The second-order valence-electron chi connectivity index (χ2n) is 18.0. The molecule has 0 radical (unpaired) electrons. The van der Waals surface area contributed by atoms with Crippen LogP contribution in [0.15, 0.2) is 0 Å². The van der Waals surface area contributed by atoms with Crippen molar-refractivity contribution < 1.29 is 4.20 Å². The lowest BCUT2D eigenvalue weighted by Gasteiger charge is -2.62. The molecular weight excluding hydrogens is 3490 g/mol. The van der Waals surface area contributed by atoms with Gasteiger partial charge in [0.05, 0.1) is 0 Å². The highest BCUT2D eigenvalue weighted by Crippen LogP contribution is 3.54. The van der Waals surface area contributed by atoms with E-state index in [0.717, 1.165) is 7.96 Å². The summed E-state index contributed by atoms with van der Waals surface area (Å²) in [6.07, 6.45) is 0. The van der Waals surface area contributed by atoms with Crippen LogP contribution in [0.4, 0.5) is 4.20 Å². The Labute approximate surface area is 882 Å². The van der Waals surface area contributed by atoms with Gasteiger partial charge in [0, 0.05) is 41.9 Å². The van der Waals surface area contributed by atoms with Crippen LogP contribution in [-0.4, -0.2) is 0 Å². The van der Waals surface area contributed by atoms with Crippen molar-refractivity contribution in [1.29, 1.82) is 0 Å². The number of hydrogen-bond acceptors (Lipinski definition) is 0. The van der Waals surface area contributed by atoms with Crippen LogP contribution in [0.5, 0.6) is 0 Å². The molecule has 0 aliphatic rings. The predicted octanol–water partition coefficient (Wildman–Crippen LogP) is 66.6. The topological polar surface area (TPSA) is 0 Å². The molecule has 62 atom stereocenters. The molecule has 0 amide bonds. The van der Waals surface area contributed by atoms with Crippen LogP contribution in [-0.2, 0) is 0 Å². The van der Waals surface area contributed by atoms with E-state index in [1.165, 1.54) is 0 Å². The van der Waals surface area contributed by atoms with Crippen LogP contribution in [0.1, 0.15) is 0 Å². The maximum atomic E-state index is 27.0. The molecule has 0 saturated carbocycles. The van der Waals surface area contributed by atoms with Gasteiger partial charge in [-0.2, -0.15) is 0 Å². The predicted molar refractivity (Wildman–Crippen MR) is 934 cm³/mol. The van der Waals surface area contributed by atoms with Crippen molar-refractivity contribution in [2.24, 2.45) is 0 Å². The van der Waals surface area contributed by atoms with E-state index in [4.69, 9.17) is 0 Å². The van der Waals surface area contributed by atoms with Crippen LogP contribution >= 0.6 is 893 Å². The van der Waals surface area contributed by atoms with Crippen LogP contribution in [0, 0.1) is 0 Å². The van der Waals surface area contributed by atoms with Crippen molar-refractivity contribution in [3.8, 4) is 0 Å². The van der Waals surface area contributed by atoms with Crippen LogP contribution in [0.2, 0.25) is 0 Å². The van der Waals surface area contributed by atoms with Gasteiger partial charge in [0.1, 0.15) is 7.61 Å². The molecule has 0 nitrogen and oxygen atoms in total. The third-order valence-electron chi connectivity index (χ3n) is 10.0. The minimum absolute atomic E-state index is 0.531. The summed E-state index contributed by atoms with van der Waals surface area (Å²) in [4.78, 5) is 0. The Balaban J connectivity index is 15.1. The van der Waals surface area contributed by atoms with Crippen molar-refractivity contribution in [3.63, 3.8) is 0 Å². The Hall–Kier alpha value is 48.1. The van der Waals surface area contributed by atoms with Crippen molar-refractivity contribution in [2.75, 3.05) is 0 Å². The first-order chi connectivity index (χ1) is 51.4. The van der Waals surface area contributed by atoms with Crippen LogP contribution in [0.25, 0.3) is 0 Å². The second-order valence-corrected chi connectivity index (χ2v) is 482. The van der Waals surface area contributed by atoms with E-state index in [1.807, 2.05) is 0 Å². The third-order valence-corrected chi connectivity index (χ3v) is 806. The molecule has 0 saturated heterocycles. The molecule has 0 heterocycles. The summed E-state index contributed by atoms with van der Waals surface area (Å²) in [6, 6.07) is 0. The fourth-order valence-electron chi connectivity index (χ4n) is 6.92. The van der Waals surface area contributed by atoms with Gasteiger partial charge in [-0.15, -0.1) is 500 Å². The fraction of sp³-hybridized carbons (Fsp3) is 0. The van der Waals surface area contributed by atoms with Gasteiger partial charge in [0.2, 0.25) is 0 Å². The Morgan fingerprint density at radius 2 is 0.177 bits per heavy atom. The summed E-state index contributed by atoms with van der Waals surface area (Å²) >= 11 is 0. The molecule has 0 aliphatic heterocycles. The van der Waals surface area contributed by atoms with Crippen molar-refractivity contribution in [3.05, 3.63) is 0 Å². The largest absolute Gasteiger partial charge is 0.216 e. The summed E-state index contributed by atoms with van der Waals surface area (Å²) in [6.45, 7) is -35.4. The van der Waals surface area contributed by atoms with Gasteiger partial charge >= 0.3 is 0 Å². The highest BCUT2D eigenvalue weighted by Gasteiger charge is 2.68. The summed E-state index contributed by atoms with van der Waals surface area (Å²) in [7, 11) is 208. The van der Waals surface area contributed by atoms with Crippen LogP contribution < -0.4 is 0 Å². The molecule has 0 bridgehead atoms. The lowest BCUT2D eigenvalue weighted by Crippen LogP contribution is -1.76. The van der Waals surface area contributed by atoms with Gasteiger partial charge in [0.25, 0.3) is 0 Å². The van der Waals surface area contributed by atoms with Gasteiger partial charge in [-0.1, -0.05) is 7.96 Å². The van der Waals surface area contributed by atoms with E-state index < -0.39 is 385 Å². The molecule has 0 aromatic heterocycles. The smallest absolute Gasteiger partial charge is 0.149 e. The van der Waals surface area contributed by atoms with Crippen LogP contribution in [0.3, 0.4) is 0 Å². The first-order valence-corrected chi connectivity index (χ1v) is 230. The first-order valence-electron chi connectivity index (χ1n) is 25.7. The highest BCUT2D eigenvalue weighted by molar-refractivity contribution is 9.59. The molecule has 0 aromatic carbocycles. The van der Waals surface area contributed by atoms with Gasteiger partial charge in [-0.05, 0) is 335 Å². The lowest BCUT2D eigenvalue weighted by atomic mass is 18.9. The van der Waals surface area contributed by atoms with E-state index in [1.54, 1.807) is 0 Å². The molecule has 0 fully saturated rings. The van der Waals surface area contributed by atoms with E-state index >= 15 is 4.20 Å². The molecule has 0 aliphatic carbocycles.